The van der Waals surface area contributed by atoms with Gasteiger partial charge in [0.2, 0.25) is 5.78 Å². The first-order valence-corrected chi connectivity index (χ1v) is 10.4. The van der Waals surface area contributed by atoms with Gasteiger partial charge in [-0.2, -0.15) is 0 Å². The summed E-state index contributed by atoms with van der Waals surface area (Å²) < 4.78 is 10.7. The summed E-state index contributed by atoms with van der Waals surface area (Å²) >= 11 is 0. The zero-order chi connectivity index (χ0) is 21.6. The monoisotopic (exact) mass is 415 g/mol. The van der Waals surface area contributed by atoms with Gasteiger partial charge < -0.3 is 19.8 Å². The van der Waals surface area contributed by atoms with Crippen LogP contribution in [0.3, 0.4) is 0 Å². The van der Waals surface area contributed by atoms with Crippen LogP contribution in [0.15, 0.2) is 79.0 Å². The molecule has 158 valence electrons. The molecule has 3 aromatic carbocycles. The lowest BCUT2D eigenvalue weighted by atomic mass is 9.96. The molecular formula is C26H27N2O3+. The lowest BCUT2D eigenvalue weighted by molar-refractivity contribution is -0.681. The second kappa shape index (κ2) is 9.49. The van der Waals surface area contributed by atoms with Crippen molar-refractivity contribution >= 4 is 16.7 Å². The zero-order valence-electron chi connectivity index (χ0n) is 17.8. The number of fused-ring (bicyclic) bond motifs is 1. The number of ketones is 1. The standard InChI is InChI=1S/C26H26N2O3/c1-30-23-13-12-18(16-24(23)31-2)14-15-27-25(19-8-4-3-5-9-19)26(29)21-17-28-22-11-7-6-10-20(21)22/h3-13,16-17,25,27-28H,14-15H2,1-2H3/p+1/t25-/m1/s1. The number of carbonyl (C=O) groups is 1. The maximum Gasteiger partial charge on any atom is 0.226 e. The van der Waals surface area contributed by atoms with Crippen LogP contribution in [-0.4, -0.2) is 31.5 Å². The third-order valence-electron chi connectivity index (χ3n) is 5.58. The van der Waals surface area contributed by atoms with Crippen LogP contribution in [0.5, 0.6) is 11.5 Å². The van der Waals surface area contributed by atoms with E-state index in [2.05, 4.69) is 10.3 Å². The summed E-state index contributed by atoms with van der Waals surface area (Å²) in [7, 11) is 3.27. The third-order valence-corrected chi connectivity index (χ3v) is 5.58. The Hall–Kier alpha value is -3.57. The molecule has 0 aliphatic carbocycles. The van der Waals surface area contributed by atoms with Crippen molar-refractivity contribution in [3.05, 3.63) is 95.7 Å². The smallest absolute Gasteiger partial charge is 0.226 e. The molecule has 0 spiro atoms. The number of rotatable bonds is 9. The molecule has 0 aliphatic heterocycles. The first-order chi connectivity index (χ1) is 15.2. The van der Waals surface area contributed by atoms with Crippen LogP contribution in [0.2, 0.25) is 0 Å². The number of benzene rings is 3. The molecule has 3 N–H and O–H groups in total. The minimum absolute atomic E-state index is 0.107. The minimum atomic E-state index is -0.305. The summed E-state index contributed by atoms with van der Waals surface area (Å²) in [6, 6.07) is 23.5. The van der Waals surface area contributed by atoms with E-state index in [1.807, 2.05) is 79.0 Å². The van der Waals surface area contributed by atoms with E-state index in [-0.39, 0.29) is 11.8 Å². The number of quaternary nitrogens is 1. The number of para-hydroxylation sites is 1. The number of Topliss-reactive ketones (excluding diaryl/α,β-unsaturated/α-hetero) is 1. The fourth-order valence-corrected chi connectivity index (χ4v) is 3.95. The van der Waals surface area contributed by atoms with Crippen LogP contribution in [0.25, 0.3) is 10.9 Å². The van der Waals surface area contributed by atoms with Crippen LogP contribution >= 0.6 is 0 Å². The zero-order valence-corrected chi connectivity index (χ0v) is 17.8. The molecule has 0 aliphatic rings. The first-order valence-electron chi connectivity index (χ1n) is 10.4. The van der Waals surface area contributed by atoms with Gasteiger partial charge in [0.1, 0.15) is 0 Å². The van der Waals surface area contributed by atoms with Crippen molar-refractivity contribution in [1.82, 2.24) is 4.98 Å². The molecule has 0 saturated heterocycles. The number of nitrogens with one attached hydrogen (secondary N) is 1. The highest BCUT2D eigenvalue weighted by atomic mass is 16.5. The number of aromatic nitrogens is 1. The van der Waals surface area contributed by atoms with Crippen molar-refractivity contribution in [3.63, 3.8) is 0 Å². The molecule has 5 nitrogen and oxygen atoms in total. The molecule has 0 saturated carbocycles. The van der Waals surface area contributed by atoms with Gasteiger partial charge in [-0.15, -0.1) is 0 Å². The van der Waals surface area contributed by atoms with E-state index in [4.69, 9.17) is 9.47 Å². The Morgan fingerprint density at radius 3 is 2.45 bits per heavy atom. The predicted octanol–water partition coefficient (Wildman–Crippen LogP) is 3.92. The lowest BCUT2D eigenvalue weighted by Gasteiger charge is -2.15. The quantitative estimate of drug-likeness (QED) is 0.407. The van der Waals surface area contributed by atoms with Gasteiger partial charge in [0, 0.05) is 34.6 Å². The first kappa shape index (κ1) is 20.7. The summed E-state index contributed by atoms with van der Waals surface area (Å²) in [6.07, 6.45) is 2.63. The molecule has 0 bridgehead atoms. The fourth-order valence-electron chi connectivity index (χ4n) is 3.95. The Bertz CT molecular complexity index is 1170. The van der Waals surface area contributed by atoms with Gasteiger partial charge >= 0.3 is 0 Å². The van der Waals surface area contributed by atoms with Crippen molar-refractivity contribution in [2.45, 2.75) is 12.5 Å². The third kappa shape index (κ3) is 4.47. The molecule has 1 atom stereocenters. The van der Waals surface area contributed by atoms with Gasteiger partial charge in [-0.3, -0.25) is 4.79 Å². The summed E-state index contributed by atoms with van der Waals surface area (Å²) in [5.41, 5.74) is 3.85. The van der Waals surface area contributed by atoms with Crippen molar-refractivity contribution in [1.29, 1.82) is 0 Å². The maximum absolute atomic E-state index is 13.6. The Balaban J connectivity index is 1.55. The molecule has 1 aromatic heterocycles. The Labute approximate surface area is 182 Å². The van der Waals surface area contributed by atoms with E-state index in [1.54, 1.807) is 14.2 Å². The van der Waals surface area contributed by atoms with Crippen molar-refractivity contribution in [2.75, 3.05) is 20.8 Å². The van der Waals surface area contributed by atoms with E-state index in [0.29, 0.717) is 5.75 Å². The number of H-pyrrole nitrogens is 1. The second-order valence-electron chi connectivity index (χ2n) is 7.46. The molecule has 5 heteroatoms. The van der Waals surface area contributed by atoms with E-state index < -0.39 is 0 Å². The molecule has 4 rings (SSSR count). The SMILES string of the molecule is COc1ccc(CC[NH2+][C@@H](C(=O)c2c[nH]c3ccccc23)c2ccccc2)cc1OC. The number of aromatic amines is 1. The van der Waals surface area contributed by atoms with Gasteiger partial charge in [0.15, 0.2) is 17.5 Å². The van der Waals surface area contributed by atoms with E-state index in [0.717, 1.165) is 46.3 Å². The Morgan fingerprint density at radius 2 is 1.68 bits per heavy atom. The molecule has 0 fully saturated rings. The normalized spacial score (nSPS) is 11.9. The molecule has 4 aromatic rings. The number of nitrogens with two attached hydrogens (primary N) is 1. The molecule has 0 amide bonds. The van der Waals surface area contributed by atoms with Crippen LogP contribution < -0.4 is 14.8 Å². The molecular weight excluding hydrogens is 388 g/mol. The van der Waals surface area contributed by atoms with Crippen LogP contribution in [-0.2, 0) is 6.42 Å². The predicted molar refractivity (Wildman–Crippen MR) is 122 cm³/mol. The highest BCUT2D eigenvalue weighted by molar-refractivity contribution is 6.09. The second-order valence-corrected chi connectivity index (χ2v) is 7.46. The molecule has 31 heavy (non-hydrogen) atoms. The fraction of sp³-hybridized carbons (Fsp3) is 0.192. The number of ether oxygens (including phenoxy) is 2. The topological polar surface area (TPSA) is 67.9 Å². The van der Waals surface area contributed by atoms with E-state index in [1.165, 1.54) is 0 Å². The summed E-state index contributed by atoms with van der Waals surface area (Å²) in [4.78, 5) is 16.8. The number of methoxy groups -OCH3 is 2. The Morgan fingerprint density at radius 1 is 0.935 bits per heavy atom. The van der Waals surface area contributed by atoms with Gasteiger partial charge in [-0.05, 0) is 23.8 Å². The van der Waals surface area contributed by atoms with Crippen LogP contribution in [0.1, 0.15) is 27.5 Å². The van der Waals surface area contributed by atoms with Gasteiger partial charge in [0.05, 0.1) is 20.8 Å². The molecule has 1 heterocycles. The lowest BCUT2D eigenvalue weighted by Crippen LogP contribution is -2.87. The maximum atomic E-state index is 13.6. The van der Waals surface area contributed by atoms with Crippen molar-refractivity contribution in [3.8, 4) is 11.5 Å². The average Bonchev–Trinajstić information content (AvgIpc) is 3.26. The summed E-state index contributed by atoms with van der Waals surface area (Å²) in [5.74, 6) is 1.54. The van der Waals surface area contributed by atoms with E-state index in [9.17, 15) is 4.79 Å². The van der Waals surface area contributed by atoms with Gasteiger partial charge in [0.25, 0.3) is 0 Å². The van der Waals surface area contributed by atoms with Crippen molar-refractivity contribution < 1.29 is 19.6 Å². The number of hydrogen-bond acceptors (Lipinski definition) is 3. The minimum Gasteiger partial charge on any atom is -0.493 e. The average molecular weight is 416 g/mol. The van der Waals surface area contributed by atoms with E-state index >= 15 is 0 Å². The number of carbonyl (C=O) groups excluding carboxylic acids is 1. The number of hydrogen-bond donors (Lipinski definition) is 2. The highest BCUT2D eigenvalue weighted by Crippen LogP contribution is 2.27. The Kier molecular flexibility index (Phi) is 6.34. The van der Waals surface area contributed by atoms with Crippen LogP contribution in [0, 0.1) is 0 Å². The van der Waals surface area contributed by atoms with Crippen LogP contribution in [0.4, 0.5) is 0 Å². The van der Waals surface area contributed by atoms with Crippen molar-refractivity contribution in [2.24, 2.45) is 0 Å². The van der Waals surface area contributed by atoms with Gasteiger partial charge in [-0.25, -0.2) is 0 Å². The summed E-state index contributed by atoms with van der Waals surface area (Å²) in [6.45, 7) is 0.767. The largest absolute Gasteiger partial charge is 0.493 e. The highest BCUT2D eigenvalue weighted by Gasteiger charge is 2.27. The van der Waals surface area contributed by atoms with Gasteiger partial charge in [-0.1, -0.05) is 54.6 Å². The molecule has 0 unspecified atom stereocenters. The molecule has 0 radical (unpaired) electrons. The summed E-state index contributed by atoms with van der Waals surface area (Å²) in [5, 5.41) is 3.08.